The number of carbonyl (C=O) groups is 3. The summed E-state index contributed by atoms with van der Waals surface area (Å²) in [6, 6.07) is 4.81. The van der Waals surface area contributed by atoms with Crippen molar-refractivity contribution >= 4 is 40.6 Å². The molecule has 1 fully saturated rings. The standard InChI is InChI=1S/C12H11ClN2O3/c1-7(16)14-11-3-2-8(4-10(11)13)15-6-9(17)5-12(15)18/h2-4H,5-6H2,1H3,(H,14,16). The third-order valence-corrected chi connectivity index (χ3v) is 2.87. The lowest BCUT2D eigenvalue weighted by molar-refractivity contribution is -0.121. The van der Waals surface area contributed by atoms with E-state index in [1.165, 1.54) is 11.8 Å². The van der Waals surface area contributed by atoms with E-state index >= 15 is 0 Å². The van der Waals surface area contributed by atoms with Crippen molar-refractivity contribution in [1.29, 1.82) is 0 Å². The predicted molar refractivity (Wildman–Crippen MR) is 67.7 cm³/mol. The monoisotopic (exact) mass is 266 g/mol. The van der Waals surface area contributed by atoms with Gasteiger partial charge in [-0.15, -0.1) is 0 Å². The van der Waals surface area contributed by atoms with Crippen molar-refractivity contribution in [2.45, 2.75) is 13.3 Å². The fourth-order valence-electron chi connectivity index (χ4n) is 1.78. The molecule has 18 heavy (non-hydrogen) atoms. The predicted octanol–water partition coefficient (Wildman–Crippen LogP) is 1.60. The number of amides is 2. The zero-order valence-electron chi connectivity index (χ0n) is 9.70. The van der Waals surface area contributed by atoms with Gasteiger partial charge in [0.05, 0.1) is 23.7 Å². The Morgan fingerprint density at radius 2 is 2.11 bits per heavy atom. The quantitative estimate of drug-likeness (QED) is 0.827. The Labute approximate surface area is 109 Å². The van der Waals surface area contributed by atoms with Gasteiger partial charge < -0.3 is 10.2 Å². The molecule has 0 bridgehead atoms. The molecule has 1 N–H and O–H groups in total. The van der Waals surface area contributed by atoms with Crippen LogP contribution in [0.3, 0.4) is 0 Å². The van der Waals surface area contributed by atoms with Crippen LogP contribution in [0.2, 0.25) is 5.02 Å². The Kier molecular flexibility index (Phi) is 3.34. The van der Waals surface area contributed by atoms with Crippen LogP contribution in [-0.2, 0) is 14.4 Å². The fourth-order valence-corrected chi connectivity index (χ4v) is 2.00. The number of hydrogen-bond acceptors (Lipinski definition) is 3. The zero-order chi connectivity index (χ0) is 13.3. The minimum atomic E-state index is -0.233. The summed E-state index contributed by atoms with van der Waals surface area (Å²) in [6.45, 7) is 1.46. The van der Waals surface area contributed by atoms with E-state index in [9.17, 15) is 14.4 Å². The van der Waals surface area contributed by atoms with Gasteiger partial charge in [-0.25, -0.2) is 0 Å². The Morgan fingerprint density at radius 3 is 2.61 bits per heavy atom. The number of nitrogens with one attached hydrogen (secondary N) is 1. The highest BCUT2D eigenvalue weighted by atomic mass is 35.5. The molecule has 1 aromatic rings. The second-order valence-electron chi connectivity index (χ2n) is 4.04. The summed E-state index contributed by atoms with van der Waals surface area (Å²) in [5.41, 5.74) is 1.04. The van der Waals surface area contributed by atoms with Gasteiger partial charge in [-0.3, -0.25) is 14.4 Å². The number of hydrogen-bond donors (Lipinski definition) is 1. The number of ketones is 1. The number of nitrogens with zero attached hydrogens (tertiary/aromatic N) is 1. The van der Waals surface area contributed by atoms with E-state index in [-0.39, 0.29) is 30.6 Å². The first-order chi connectivity index (χ1) is 8.47. The van der Waals surface area contributed by atoms with E-state index in [1.54, 1.807) is 18.2 Å². The molecule has 0 aromatic heterocycles. The van der Waals surface area contributed by atoms with E-state index in [4.69, 9.17) is 11.6 Å². The molecule has 0 radical (unpaired) electrons. The molecule has 0 unspecified atom stereocenters. The average Bonchev–Trinajstić information content (AvgIpc) is 2.60. The van der Waals surface area contributed by atoms with Crippen molar-refractivity contribution in [2.75, 3.05) is 16.8 Å². The van der Waals surface area contributed by atoms with Crippen LogP contribution in [0.15, 0.2) is 18.2 Å². The van der Waals surface area contributed by atoms with Gasteiger partial charge in [-0.1, -0.05) is 11.6 Å². The molecule has 94 valence electrons. The molecule has 1 saturated heterocycles. The lowest BCUT2D eigenvalue weighted by atomic mass is 10.2. The molecule has 1 heterocycles. The SMILES string of the molecule is CC(=O)Nc1ccc(N2CC(=O)CC2=O)cc1Cl. The fraction of sp³-hybridized carbons (Fsp3) is 0.250. The van der Waals surface area contributed by atoms with Crippen LogP contribution in [0.25, 0.3) is 0 Å². The first-order valence-corrected chi connectivity index (χ1v) is 5.74. The molecule has 2 amide bonds. The van der Waals surface area contributed by atoms with Crippen molar-refractivity contribution in [3.8, 4) is 0 Å². The Bertz CT molecular complexity index is 542. The Hall–Kier alpha value is -1.88. The van der Waals surface area contributed by atoms with Gasteiger partial charge in [0, 0.05) is 12.6 Å². The molecule has 0 saturated carbocycles. The van der Waals surface area contributed by atoms with Crippen LogP contribution in [0.5, 0.6) is 0 Å². The minimum Gasteiger partial charge on any atom is -0.325 e. The number of benzene rings is 1. The van der Waals surface area contributed by atoms with E-state index < -0.39 is 0 Å². The molecule has 1 aliphatic heterocycles. The first-order valence-electron chi connectivity index (χ1n) is 5.36. The van der Waals surface area contributed by atoms with Crippen molar-refractivity contribution in [3.05, 3.63) is 23.2 Å². The molecule has 2 rings (SSSR count). The highest BCUT2D eigenvalue weighted by Crippen LogP contribution is 2.29. The largest absolute Gasteiger partial charge is 0.325 e. The van der Waals surface area contributed by atoms with Crippen LogP contribution < -0.4 is 10.2 Å². The van der Waals surface area contributed by atoms with Crippen LogP contribution in [-0.4, -0.2) is 24.1 Å². The van der Waals surface area contributed by atoms with E-state index in [0.29, 0.717) is 16.4 Å². The molecule has 0 spiro atoms. The maximum atomic E-state index is 11.6. The lowest BCUT2D eigenvalue weighted by Crippen LogP contribution is -2.24. The maximum Gasteiger partial charge on any atom is 0.234 e. The number of halogens is 1. The summed E-state index contributed by atoms with van der Waals surface area (Å²) in [5.74, 6) is -0.567. The van der Waals surface area contributed by atoms with Crippen LogP contribution in [0, 0.1) is 0 Å². The van der Waals surface area contributed by atoms with Gasteiger partial charge >= 0.3 is 0 Å². The van der Waals surface area contributed by atoms with Crippen LogP contribution in [0.4, 0.5) is 11.4 Å². The highest BCUT2D eigenvalue weighted by Gasteiger charge is 2.28. The van der Waals surface area contributed by atoms with Gasteiger partial charge in [-0.2, -0.15) is 0 Å². The van der Waals surface area contributed by atoms with Gasteiger partial charge in [0.2, 0.25) is 11.8 Å². The summed E-state index contributed by atoms with van der Waals surface area (Å²) < 4.78 is 0. The summed E-state index contributed by atoms with van der Waals surface area (Å²) in [7, 11) is 0. The summed E-state index contributed by atoms with van der Waals surface area (Å²) in [5, 5.41) is 2.90. The first kappa shape index (κ1) is 12.6. The maximum absolute atomic E-state index is 11.6. The third kappa shape index (κ3) is 2.51. The van der Waals surface area contributed by atoms with Gasteiger partial charge in [0.1, 0.15) is 0 Å². The average molecular weight is 267 g/mol. The Morgan fingerprint density at radius 1 is 1.39 bits per heavy atom. The second kappa shape index (κ2) is 4.78. The lowest BCUT2D eigenvalue weighted by Gasteiger charge is -2.16. The molecule has 0 aliphatic carbocycles. The third-order valence-electron chi connectivity index (χ3n) is 2.56. The van der Waals surface area contributed by atoms with Crippen LogP contribution in [0.1, 0.15) is 13.3 Å². The van der Waals surface area contributed by atoms with Gasteiger partial charge in [-0.05, 0) is 18.2 Å². The number of carbonyl (C=O) groups excluding carboxylic acids is 3. The molecule has 0 atom stereocenters. The highest BCUT2D eigenvalue weighted by molar-refractivity contribution is 6.34. The molecule has 1 aromatic carbocycles. The molecule has 1 aliphatic rings. The van der Waals surface area contributed by atoms with Gasteiger partial charge in [0.25, 0.3) is 0 Å². The zero-order valence-corrected chi connectivity index (χ0v) is 10.5. The van der Waals surface area contributed by atoms with E-state index in [1.807, 2.05) is 0 Å². The molecular formula is C12H11ClN2O3. The minimum absolute atomic E-state index is 0.0644. The summed E-state index contributed by atoms with van der Waals surface area (Å²) in [4.78, 5) is 35.0. The number of rotatable bonds is 2. The normalized spacial score (nSPS) is 15.1. The Balaban J connectivity index is 2.26. The number of anilines is 2. The van der Waals surface area contributed by atoms with Gasteiger partial charge in [0.15, 0.2) is 5.78 Å². The molecule has 5 nitrogen and oxygen atoms in total. The van der Waals surface area contributed by atoms with Crippen molar-refractivity contribution in [2.24, 2.45) is 0 Å². The topological polar surface area (TPSA) is 66.5 Å². The summed E-state index contributed by atoms with van der Waals surface area (Å²) in [6.07, 6.45) is -0.0644. The van der Waals surface area contributed by atoms with E-state index in [2.05, 4.69) is 5.32 Å². The van der Waals surface area contributed by atoms with E-state index in [0.717, 1.165) is 0 Å². The van der Waals surface area contributed by atoms with Crippen LogP contribution >= 0.6 is 11.6 Å². The smallest absolute Gasteiger partial charge is 0.234 e. The molecular weight excluding hydrogens is 256 g/mol. The summed E-state index contributed by atoms with van der Waals surface area (Å²) >= 11 is 6.00. The second-order valence-corrected chi connectivity index (χ2v) is 4.45. The van der Waals surface area contributed by atoms with Crippen molar-refractivity contribution in [3.63, 3.8) is 0 Å². The van der Waals surface area contributed by atoms with Crippen molar-refractivity contribution in [1.82, 2.24) is 0 Å². The molecule has 6 heteroatoms. The van der Waals surface area contributed by atoms with Crippen molar-refractivity contribution < 1.29 is 14.4 Å². The number of Topliss-reactive ketones (excluding diaryl/α,β-unsaturated/α-hetero) is 1.